The molecule has 0 aliphatic rings. The predicted molar refractivity (Wildman–Crippen MR) is 139 cm³/mol. The van der Waals surface area contributed by atoms with Gasteiger partial charge in [-0.05, 0) is 73.4 Å². The Labute approximate surface area is 195 Å². The van der Waals surface area contributed by atoms with Crippen LogP contribution in [-0.2, 0) is 11.2 Å². The summed E-state index contributed by atoms with van der Waals surface area (Å²) in [7, 11) is 0. The van der Waals surface area contributed by atoms with Crippen molar-refractivity contribution in [2.24, 2.45) is 5.92 Å². The van der Waals surface area contributed by atoms with Crippen molar-refractivity contribution >= 4 is 12.1 Å². The molecule has 0 radical (unpaired) electrons. The molecule has 1 unspecified atom stereocenters. The van der Waals surface area contributed by atoms with Gasteiger partial charge in [-0.1, -0.05) is 81.5 Å². The van der Waals surface area contributed by atoms with E-state index in [0.717, 1.165) is 48.8 Å². The van der Waals surface area contributed by atoms with Crippen molar-refractivity contribution in [1.29, 1.82) is 5.41 Å². The number of benzene rings is 1. The van der Waals surface area contributed by atoms with Gasteiger partial charge in [0.1, 0.15) is 0 Å². The van der Waals surface area contributed by atoms with Gasteiger partial charge in [0, 0.05) is 12.8 Å². The van der Waals surface area contributed by atoms with Crippen LogP contribution in [0.25, 0.3) is 0 Å². The van der Waals surface area contributed by atoms with E-state index in [9.17, 15) is 4.79 Å². The van der Waals surface area contributed by atoms with Crippen molar-refractivity contribution in [2.75, 3.05) is 6.54 Å². The first-order valence-corrected chi connectivity index (χ1v) is 11.5. The number of hydrogen-bond acceptors (Lipinski definition) is 2. The summed E-state index contributed by atoms with van der Waals surface area (Å²) in [6.07, 6.45) is 15.8. The summed E-state index contributed by atoms with van der Waals surface area (Å²) >= 11 is 0. The number of carbonyl (C=O) groups excluding carboxylic acids is 1. The molecule has 0 aliphatic carbocycles. The zero-order chi connectivity index (χ0) is 23.9. The Morgan fingerprint density at radius 2 is 1.97 bits per heavy atom. The van der Waals surface area contributed by atoms with Crippen molar-refractivity contribution in [3.63, 3.8) is 0 Å². The molecule has 32 heavy (non-hydrogen) atoms. The summed E-state index contributed by atoms with van der Waals surface area (Å²) in [5.41, 5.74) is 6.82. The van der Waals surface area contributed by atoms with Gasteiger partial charge in [-0.3, -0.25) is 4.79 Å². The van der Waals surface area contributed by atoms with Crippen LogP contribution >= 0.6 is 0 Å². The van der Waals surface area contributed by atoms with Crippen LogP contribution in [0.1, 0.15) is 56.2 Å². The molecule has 0 aromatic heterocycles. The number of hydrogen-bond donors (Lipinski definition) is 2. The lowest BCUT2D eigenvalue weighted by Crippen LogP contribution is -2.31. The molecular weight excluding hydrogens is 392 g/mol. The lowest BCUT2D eigenvalue weighted by molar-refractivity contribution is -0.121. The maximum Gasteiger partial charge on any atom is 0.232 e. The molecule has 0 bridgehead atoms. The number of rotatable bonds is 14. The lowest BCUT2D eigenvalue weighted by Gasteiger charge is -2.11. The van der Waals surface area contributed by atoms with E-state index < -0.39 is 5.92 Å². The monoisotopic (exact) mass is 432 g/mol. The SMILES string of the molecule is C=C/C=C\C(=C/C(=C)/C(C)=C/C(C=N)C(=O)NCCCCC)CCc1ccc(C)c(C)c1. The van der Waals surface area contributed by atoms with Gasteiger partial charge >= 0.3 is 0 Å². The van der Waals surface area contributed by atoms with Crippen LogP contribution < -0.4 is 5.32 Å². The van der Waals surface area contributed by atoms with Crippen LogP contribution in [0.2, 0.25) is 0 Å². The number of allylic oxidation sites excluding steroid dienone is 7. The fourth-order valence-electron chi connectivity index (χ4n) is 3.26. The van der Waals surface area contributed by atoms with E-state index >= 15 is 0 Å². The zero-order valence-electron chi connectivity index (χ0n) is 20.3. The van der Waals surface area contributed by atoms with E-state index in [-0.39, 0.29) is 5.91 Å². The maximum absolute atomic E-state index is 12.4. The third-order valence-electron chi connectivity index (χ3n) is 5.58. The van der Waals surface area contributed by atoms with E-state index in [1.54, 1.807) is 6.08 Å². The molecule has 1 aromatic rings. The van der Waals surface area contributed by atoms with Gasteiger partial charge in [-0.2, -0.15) is 0 Å². The summed E-state index contributed by atoms with van der Waals surface area (Å²) < 4.78 is 0. The van der Waals surface area contributed by atoms with Gasteiger partial charge in [-0.25, -0.2) is 0 Å². The second kappa shape index (κ2) is 15.0. The second-order valence-electron chi connectivity index (χ2n) is 8.30. The molecule has 0 aliphatic heterocycles. The molecule has 2 N–H and O–H groups in total. The average Bonchev–Trinajstić information content (AvgIpc) is 2.78. The predicted octanol–water partition coefficient (Wildman–Crippen LogP) is 6.98. The number of carbonyl (C=O) groups is 1. The van der Waals surface area contributed by atoms with Crippen LogP contribution in [0.5, 0.6) is 0 Å². The van der Waals surface area contributed by atoms with E-state index in [0.29, 0.717) is 6.54 Å². The van der Waals surface area contributed by atoms with Gasteiger partial charge in [0.25, 0.3) is 0 Å². The van der Waals surface area contributed by atoms with Crippen LogP contribution in [-0.4, -0.2) is 18.7 Å². The third-order valence-corrected chi connectivity index (χ3v) is 5.58. The lowest BCUT2D eigenvalue weighted by atomic mass is 9.96. The Morgan fingerprint density at radius 1 is 1.22 bits per heavy atom. The third kappa shape index (κ3) is 9.91. The average molecular weight is 433 g/mol. The summed E-state index contributed by atoms with van der Waals surface area (Å²) in [4.78, 5) is 12.4. The highest BCUT2D eigenvalue weighted by Crippen LogP contribution is 2.19. The first-order chi connectivity index (χ1) is 15.3. The Kier molecular flexibility index (Phi) is 12.7. The number of unbranched alkanes of at least 4 members (excludes halogenated alkanes) is 2. The zero-order valence-corrected chi connectivity index (χ0v) is 20.3. The molecule has 0 heterocycles. The number of amides is 1. The molecule has 3 nitrogen and oxygen atoms in total. The van der Waals surface area contributed by atoms with Crippen LogP contribution in [0.4, 0.5) is 0 Å². The van der Waals surface area contributed by atoms with Crippen molar-refractivity contribution in [3.05, 3.63) is 95.1 Å². The van der Waals surface area contributed by atoms with Crippen LogP contribution in [0.3, 0.4) is 0 Å². The molecule has 3 heteroatoms. The molecule has 1 rings (SSSR count). The minimum Gasteiger partial charge on any atom is -0.355 e. The Morgan fingerprint density at radius 3 is 2.59 bits per heavy atom. The fourth-order valence-corrected chi connectivity index (χ4v) is 3.26. The highest BCUT2D eigenvalue weighted by atomic mass is 16.1. The van der Waals surface area contributed by atoms with E-state index in [2.05, 4.69) is 69.6 Å². The standard InChI is InChI=1S/C29H40N2O/c1-7-9-11-17-31-29(32)28(21-30)20-25(6)24(5)19-26(12-10-8-2)15-16-27-14-13-22(3)23(4)18-27/h8,10,12-14,18-21,28,30H,2,5,7,9,11,15-17H2,1,3-4,6H3,(H,31,32)/b12-10-,25-20+,26-19+,30-21?. The fraction of sp³-hybridized carbons (Fsp3) is 0.379. The van der Waals surface area contributed by atoms with Crippen molar-refractivity contribution in [2.45, 2.75) is 59.8 Å². The van der Waals surface area contributed by atoms with E-state index in [1.165, 1.54) is 22.9 Å². The summed E-state index contributed by atoms with van der Waals surface area (Å²) in [6.45, 7) is 17.0. The molecule has 172 valence electrons. The Balaban J connectivity index is 2.89. The topological polar surface area (TPSA) is 53.0 Å². The number of aryl methyl sites for hydroxylation is 3. The molecule has 0 saturated carbocycles. The van der Waals surface area contributed by atoms with E-state index in [4.69, 9.17) is 5.41 Å². The highest BCUT2D eigenvalue weighted by molar-refractivity contribution is 5.94. The molecule has 0 fully saturated rings. The molecule has 0 spiro atoms. The van der Waals surface area contributed by atoms with Gasteiger partial charge in [-0.15, -0.1) is 0 Å². The highest BCUT2D eigenvalue weighted by Gasteiger charge is 2.13. The summed E-state index contributed by atoms with van der Waals surface area (Å²) in [5.74, 6) is -0.710. The van der Waals surface area contributed by atoms with E-state index in [1.807, 2.05) is 19.1 Å². The van der Waals surface area contributed by atoms with Gasteiger partial charge in [0.2, 0.25) is 5.91 Å². The van der Waals surface area contributed by atoms with Crippen molar-refractivity contribution < 1.29 is 4.79 Å². The van der Waals surface area contributed by atoms with Gasteiger partial charge < -0.3 is 10.7 Å². The number of nitrogens with one attached hydrogen (secondary N) is 2. The van der Waals surface area contributed by atoms with Crippen molar-refractivity contribution in [1.82, 2.24) is 5.32 Å². The van der Waals surface area contributed by atoms with Gasteiger partial charge in [0.05, 0.1) is 5.92 Å². The Hall–Kier alpha value is -2.94. The van der Waals surface area contributed by atoms with Gasteiger partial charge in [0.15, 0.2) is 0 Å². The first-order valence-electron chi connectivity index (χ1n) is 11.5. The molecule has 1 amide bonds. The van der Waals surface area contributed by atoms with Crippen LogP contribution in [0, 0.1) is 25.2 Å². The molecule has 1 aromatic carbocycles. The molecule has 1 atom stereocenters. The largest absolute Gasteiger partial charge is 0.355 e. The summed E-state index contributed by atoms with van der Waals surface area (Å²) in [6, 6.07) is 6.60. The maximum atomic E-state index is 12.4. The minimum atomic E-state index is -0.579. The minimum absolute atomic E-state index is 0.131. The second-order valence-corrected chi connectivity index (χ2v) is 8.30. The quantitative estimate of drug-likeness (QED) is 0.186. The normalized spacial score (nSPS) is 13.1. The smallest absolute Gasteiger partial charge is 0.232 e. The van der Waals surface area contributed by atoms with Crippen molar-refractivity contribution in [3.8, 4) is 0 Å². The first kappa shape index (κ1) is 27.1. The molecule has 0 saturated heterocycles. The Bertz CT molecular complexity index is 886. The summed E-state index contributed by atoms with van der Waals surface area (Å²) in [5, 5.41) is 10.6. The molecular formula is C29H40N2O. The van der Waals surface area contributed by atoms with Crippen LogP contribution in [0.15, 0.2) is 78.5 Å².